The molecule has 0 aliphatic heterocycles. The van der Waals surface area contributed by atoms with Gasteiger partial charge in [-0.15, -0.1) is 0 Å². The van der Waals surface area contributed by atoms with Gasteiger partial charge in [-0.2, -0.15) is 0 Å². The Morgan fingerprint density at radius 2 is 1.22 bits per heavy atom. The van der Waals surface area contributed by atoms with E-state index >= 15 is 0 Å². The first kappa shape index (κ1) is 48.1. The van der Waals surface area contributed by atoms with E-state index in [0.717, 1.165) is 0 Å². The highest BCUT2D eigenvalue weighted by Crippen LogP contribution is 2.09. The van der Waals surface area contributed by atoms with Gasteiger partial charge in [0.05, 0.1) is 33.0 Å². The number of carbonyl (C=O) groups excluding carboxylic acids is 5. The van der Waals surface area contributed by atoms with Crippen molar-refractivity contribution < 1.29 is 72.6 Å². The number of rotatable bonds is 33. The summed E-state index contributed by atoms with van der Waals surface area (Å²) in [7, 11) is 0. The molecule has 6 N–H and O–H groups in total. The number of carboxylic acid groups (broad SMARTS) is 3. The largest absolute Gasteiger partial charge is 0.481 e. The molecular formula is C32H55N3O15. The predicted octanol–water partition coefficient (Wildman–Crippen LogP) is 0.335. The Balaban J connectivity index is 0. The molecule has 0 rings (SSSR count). The smallest absolute Gasteiger partial charge is 0.326 e. The third kappa shape index (κ3) is 27.9. The van der Waals surface area contributed by atoms with Crippen LogP contribution in [-0.4, -0.2) is 135 Å². The Morgan fingerprint density at radius 3 is 1.84 bits per heavy atom. The van der Waals surface area contributed by atoms with Gasteiger partial charge in [0.25, 0.3) is 0 Å². The van der Waals surface area contributed by atoms with Crippen LogP contribution < -0.4 is 16.0 Å². The van der Waals surface area contributed by atoms with Crippen molar-refractivity contribution in [1.82, 2.24) is 16.0 Å². The summed E-state index contributed by atoms with van der Waals surface area (Å²) in [6.07, 6.45) is 1.51. The van der Waals surface area contributed by atoms with Crippen LogP contribution in [0.2, 0.25) is 0 Å². The molecule has 0 saturated carbocycles. The molecule has 50 heavy (non-hydrogen) atoms. The first-order valence-electron chi connectivity index (χ1n) is 16.2. The van der Waals surface area contributed by atoms with Crippen molar-refractivity contribution in [1.29, 1.82) is 0 Å². The SMILES string of the molecule is C.CCC(=O)NCCCCC(NC(=O)COCCOCCCC(=O)COCCOCCNC(=O)C(CC(=O)CCCC(=O)O)C(=O)O)C(=O)O. The summed E-state index contributed by atoms with van der Waals surface area (Å²) in [5, 5.41) is 34.6. The fraction of sp³-hybridized carbons (Fsp3) is 0.750. The van der Waals surface area contributed by atoms with Gasteiger partial charge in [-0.05, 0) is 32.1 Å². The maximum absolute atomic E-state index is 12.1. The van der Waals surface area contributed by atoms with Crippen molar-refractivity contribution in [2.75, 3.05) is 65.9 Å². The van der Waals surface area contributed by atoms with Crippen LogP contribution >= 0.6 is 0 Å². The van der Waals surface area contributed by atoms with Crippen LogP contribution in [0.3, 0.4) is 0 Å². The number of Topliss-reactive ketones (excluding diaryl/α,β-unsaturated/α-hetero) is 2. The van der Waals surface area contributed by atoms with E-state index in [1.54, 1.807) is 6.92 Å². The molecule has 0 aliphatic carbocycles. The Labute approximate surface area is 292 Å². The molecule has 18 heteroatoms. The van der Waals surface area contributed by atoms with Crippen LogP contribution in [0.1, 0.15) is 78.6 Å². The maximum atomic E-state index is 12.1. The average Bonchev–Trinajstić information content (AvgIpc) is 3.04. The van der Waals surface area contributed by atoms with Crippen LogP contribution in [0.25, 0.3) is 0 Å². The Morgan fingerprint density at radius 1 is 0.600 bits per heavy atom. The first-order chi connectivity index (χ1) is 23.4. The second kappa shape index (κ2) is 31.0. The predicted molar refractivity (Wildman–Crippen MR) is 176 cm³/mol. The van der Waals surface area contributed by atoms with Crippen molar-refractivity contribution in [2.24, 2.45) is 5.92 Å². The first-order valence-corrected chi connectivity index (χ1v) is 16.2. The highest BCUT2D eigenvalue weighted by molar-refractivity contribution is 6.00. The maximum Gasteiger partial charge on any atom is 0.326 e. The van der Waals surface area contributed by atoms with Crippen molar-refractivity contribution in [3.63, 3.8) is 0 Å². The number of ether oxygens (including phenoxy) is 4. The van der Waals surface area contributed by atoms with Gasteiger partial charge >= 0.3 is 17.9 Å². The van der Waals surface area contributed by atoms with E-state index in [-0.39, 0.29) is 111 Å². The van der Waals surface area contributed by atoms with Gasteiger partial charge in [-0.25, -0.2) is 4.79 Å². The van der Waals surface area contributed by atoms with E-state index < -0.39 is 53.9 Å². The lowest BCUT2D eigenvalue weighted by molar-refractivity contribution is -0.149. The van der Waals surface area contributed by atoms with Gasteiger partial charge in [-0.3, -0.25) is 33.6 Å². The zero-order chi connectivity index (χ0) is 36.9. The topological polar surface area (TPSA) is 270 Å². The van der Waals surface area contributed by atoms with Gasteiger partial charge in [-0.1, -0.05) is 14.4 Å². The zero-order valence-electron chi connectivity index (χ0n) is 28.0. The van der Waals surface area contributed by atoms with E-state index in [2.05, 4.69) is 16.0 Å². The lowest BCUT2D eigenvalue weighted by atomic mass is 9.99. The molecule has 288 valence electrons. The number of carboxylic acids is 3. The second-order valence-corrected chi connectivity index (χ2v) is 10.8. The molecule has 0 aromatic carbocycles. The molecule has 0 heterocycles. The monoisotopic (exact) mass is 721 g/mol. The highest BCUT2D eigenvalue weighted by Gasteiger charge is 2.28. The number of hydrogen-bond acceptors (Lipinski definition) is 12. The Hall–Kier alpha value is -4.00. The van der Waals surface area contributed by atoms with Crippen molar-refractivity contribution in [2.45, 2.75) is 84.6 Å². The van der Waals surface area contributed by atoms with Gasteiger partial charge in [0.2, 0.25) is 17.7 Å². The van der Waals surface area contributed by atoms with E-state index in [0.29, 0.717) is 32.2 Å². The molecule has 0 fully saturated rings. The summed E-state index contributed by atoms with van der Waals surface area (Å²) in [5.74, 6) is -7.45. The molecule has 3 amide bonds. The number of carbonyl (C=O) groups is 8. The van der Waals surface area contributed by atoms with Crippen molar-refractivity contribution in [3.8, 4) is 0 Å². The Bertz CT molecular complexity index is 1050. The lowest BCUT2D eigenvalue weighted by Gasteiger charge is -2.14. The van der Waals surface area contributed by atoms with Crippen molar-refractivity contribution >= 4 is 47.2 Å². The molecule has 2 unspecified atom stereocenters. The zero-order valence-corrected chi connectivity index (χ0v) is 28.0. The summed E-state index contributed by atoms with van der Waals surface area (Å²) in [6, 6.07) is -1.06. The fourth-order valence-electron chi connectivity index (χ4n) is 3.98. The number of ketones is 2. The molecule has 0 aliphatic rings. The van der Waals surface area contributed by atoms with Gasteiger partial charge < -0.3 is 50.2 Å². The quantitative estimate of drug-likeness (QED) is 0.0394. The summed E-state index contributed by atoms with van der Waals surface area (Å²) in [5.41, 5.74) is 0. The summed E-state index contributed by atoms with van der Waals surface area (Å²) in [4.78, 5) is 92.3. The lowest BCUT2D eigenvalue weighted by Crippen LogP contribution is -2.42. The van der Waals surface area contributed by atoms with Crippen LogP contribution in [-0.2, 0) is 57.3 Å². The normalized spacial score (nSPS) is 11.8. The van der Waals surface area contributed by atoms with E-state index in [1.807, 2.05) is 0 Å². The fourth-order valence-corrected chi connectivity index (χ4v) is 3.98. The number of unbranched alkanes of at least 4 members (excludes halogenated alkanes) is 1. The molecule has 0 aromatic heterocycles. The standard InChI is InChI=1S/C31H51N3O15.CH4/c1-2-26(37)32-11-4-3-9-25(31(44)45)34-27(38)21-49-18-15-46-13-6-8-23(36)20-48-17-16-47-14-12-33-29(41)24(30(42)43)19-22(35)7-5-10-28(39)40;/h24-25H,2-21H2,1H3,(H,32,37)(H,33,41)(H,34,38)(H,39,40)(H,42,43)(H,44,45);1H4. The molecular weight excluding hydrogens is 666 g/mol. The van der Waals surface area contributed by atoms with Gasteiger partial charge in [0, 0.05) is 51.8 Å². The molecule has 0 saturated heterocycles. The number of hydrogen-bond donors (Lipinski definition) is 6. The third-order valence-electron chi connectivity index (χ3n) is 6.62. The minimum absolute atomic E-state index is 0. The molecule has 18 nitrogen and oxygen atoms in total. The highest BCUT2D eigenvalue weighted by atomic mass is 16.5. The summed E-state index contributed by atoms with van der Waals surface area (Å²) in [6.45, 7) is 2.50. The minimum Gasteiger partial charge on any atom is -0.481 e. The van der Waals surface area contributed by atoms with Crippen molar-refractivity contribution in [3.05, 3.63) is 0 Å². The molecule has 2 atom stereocenters. The Kier molecular flexibility index (Phi) is 29.8. The number of nitrogens with one attached hydrogen (secondary N) is 3. The van der Waals surface area contributed by atoms with E-state index in [1.165, 1.54) is 0 Å². The van der Waals surface area contributed by atoms with Gasteiger partial charge in [0.15, 0.2) is 5.78 Å². The average molecular weight is 722 g/mol. The summed E-state index contributed by atoms with van der Waals surface area (Å²) >= 11 is 0. The minimum atomic E-state index is -1.58. The van der Waals surface area contributed by atoms with Crippen LogP contribution in [0.4, 0.5) is 0 Å². The molecule has 0 aromatic rings. The van der Waals surface area contributed by atoms with Crippen LogP contribution in [0.15, 0.2) is 0 Å². The van der Waals surface area contributed by atoms with Gasteiger partial charge in [0.1, 0.15) is 31.0 Å². The second-order valence-electron chi connectivity index (χ2n) is 10.8. The number of aliphatic carboxylic acids is 3. The van der Waals surface area contributed by atoms with Crippen LogP contribution in [0, 0.1) is 5.92 Å². The van der Waals surface area contributed by atoms with E-state index in [9.17, 15) is 48.6 Å². The third-order valence-corrected chi connectivity index (χ3v) is 6.62. The summed E-state index contributed by atoms with van der Waals surface area (Å²) < 4.78 is 21.1. The van der Waals surface area contributed by atoms with E-state index in [4.69, 9.17) is 24.1 Å². The molecule has 0 spiro atoms. The van der Waals surface area contributed by atoms with Crippen LogP contribution in [0.5, 0.6) is 0 Å². The number of amides is 3. The molecule has 0 radical (unpaired) electrons. The molecule has 0 bridgehead atoms.